The van der Waals surface area contributed by atoms with Crippen LogP contribution in [0.2, 0.25) is 0 Å². The van der Waals surface area contributed by atoms with Crippen LogP contribution < -0.4 is 4.90 Å². The van der Waals surface area contributed by atoms with Crippen molar-refractivity contribution in [1.29, 1.82) is 0 Å². The van der Waals surface area contributed by atoms with Crippen molar-refractivity contribution in [3.8, 4) is 11.5 Å². The van der Waals surface area contributed by atoms with Crippen LogP contribution in [-0.4, -0.2) is 46.6 Å². The number of ether oxygens (including phenoxy) is 1. The van der Waals surface area contributed by atoms with Crippen LogP contribution in [0.4, 0.5) is 5.95 Å². The van der Waals surface area contributed by atoms with E-state index in [1.165, 1.54) is 0 Å². The summed E-state index contributed by atoms with van der Waals surface area (Å²) in [5.41, 5.74) is 0.675. The van der Waals surface area contributed by atoms with Gasteiger partial charge in [0.05, 0.1) is 13.2 Å². The number of H-pyrrole nitrogens is 1. The number of hydrogen-bond acceptors (Lipinski definition) is 6. The minimum absolute atomic E-state index is 0.628. The second kappa shape index (κ2) is 4.17. The summed E-state index contributed by atoms with van der Waals surface area (Å²) in [5.74, 6) is 2.07. The number of aromatic nitrogens is 4. The van der Waals surface area contributed by atoms with Crippen molar-refractivity contribution in [1.82, 2.24) is 20.3 Å². The first-order valence-electron chi connectivity index (χ1n) is 5.52. The highest BCUT2D eigenvalue weighted by molar-refractivity contribution is 5.50. The van der Waals surface area contributed by atoms with Crippen molar-refractivity contribution in [2.75, 3.05) is 31.2 Å². The van der Waals surface area contributed by atoms with Gasteiger partial charge in [-0.1, -0.05) is 5.16 Å². The molecule has 1 aliphatic heterocycles. The minimum atomic E-state index is 0.628. The number of morpholine rings is 1. The molecule has 1 saturated heterocycles. The largest absolute Gasteiger partial charge is 0.378 e. The summed E-state index contributed by atoms with van der Waals surface area (Å²) in [6, 6.07) is 1.82. The average molecular weight is 235 g/mol. The molecule has 1 aliphatic rings. The van der Waals surface area contributed by atoms with E-state index in [0.717, 1.165) is 18.8 Å². The van der Waals surface area contributed by atoms with E-state index in [0.29, 0.717) is 30.7 Å². The maximum absolute atomic E-state index is 5.28. The van der Waals surface area contributed by atoms with Crippen molar-refractivity contribution < 1.29 is 9.26 Å². The number of rotatable bonds is 2. The third-order valence-corrected chi connectivity index (χ3v) is 2.64. The molecular formula is C10H13N5O2. The highest BCUT2D eigenvalue weighted by atomic mass is 16.5. The van der Waals surface area contributed by atoms with Crippen LogP contribution in [0, 0.1) is 6.92 Å². The van der Waals surface area contributed by atoms with Crippen molar-refractivity contribution in [3.63, 3.8) is 0 Å². The number of nitrogens with zero attached hydrogens (tertiary/aromatic N) is 4. The third kappa shape index (κ3) is 2.01. The van der Waals surface area contributed by atoms with Crippen LogP contribution in [0.15, 0.2) is 10.6 Å². The third-order valence-electron chi connectivity index (χ3n) is 2.64. The Labute approximate surface area is 97.8 Å². The maximum Gasteiger partial charge on any atom is 0.245 e. The van der Waals surface area contributed by atoms with Crippen LogP contribution in [0.5, 0.6) is 0 Å². The summed E-state index contributed by atoms with van der Waals surface area (Å²) >= 11 is 0. The molecule has 3 heterocycles. The number of aryl methyl sites for hydroxylation is 1. The predicted octanol–water partition coefficient (Wildman–Crippen LogP) is 0.605. The molecule has 0 atom stereocenters. The van der Waals surface area contributed by atoms with Crippen molar-refractivity contribution >= 4 is 5.95 Å². The van der Waals surface area contributed by atoms with E-state index >= 15 is 0 Å². The van der Waals surface area contributed by atoms with Crippen LogP contribution in [0.3, 0.4) is 0 Å². The Bertz CT molecular complexity index is 500. The van der Waals surface area contributed by atoms with E-state index in [-0.39, 0.29) is 0 Å². The molecule has 17 heavy (non-hydrogen) atoms. The zero-order valence-electron chi connectivity index (χ0n) is 9.51. The molecule has 2 aromatic rings. The fourth-order valence-corrected chi connectivity index (χ4v) is 1.75. The molecule has 0 aromatic carbocycles. The normalized spacial score (nSPS) is 16.4. The van der Waals surface area contributed by atoms with E-state index in [2.05, 4.69) is 25.2 Å². The summed E-state index contributed by atoms with van der Waals surface area (Å²) in [7, 11) is 0. The molecular weight excluding hydrogens is 222 g/mol. The smallest absolute Gasteiger partial charge is 0.245 e. The highest BCUT2D eigenvalue weighted by Crippen LogP contribution is 2.17. The second-order valence-electron chi connectivity index (χ2n) is 3.91. The van der Waals surface area contributed by atoms with Gasteiger partial charge in [-0.25, -0.2) is 0 Å². The molecule has 1 fully saturated rings. The van der Waals surface area contributed by atoms with E-state index in [1.807, 2.05) is 13.0 Å². The Morgan fingerprint density at radius 3 is 2.88 bits per heavy atom. The molecule has 2 aromatic heterocycles. The van der Waals surface area contributed by atoms with Gasteiger partial charge in [0.1, 0.15) is 5.76 Å². The van der Waals surface area contributed by atoms with Crippen LogP contribution in [-0.2, 0) is 4.74 Å². The molecule has 0 aliphatic carbocycles. The summed E-state index contributed by atoms with van der Waals surface area (Å²) < 4.78 is 10.3. The molecule has 90 valence electrons. The van der Waals surface area contributed by atoms with Gasteiger partial charge in [-0.05, 0) is 6.92 Å². The van der Waals surface area contributed by atoms with E-state index < -0.39 is 0 Å². The van der Waals surface area contributed by atoms with Crippen molar-refractivity contribution in [3.05, 3.63) is 11.8 Å². The van der Waals surface area contributed by atoms with Crippen LogP contribution >= 0.6 is 0 Å². The Balaban J connectivity index is 1.82. The molecule has 7 nitrogen and oxygen atoms in total. The first-order chi connectivity index (χ1) is 8.33. The molecule has 3 rings (SSSR count). The number of hydrogen-bond donors (Lipinski definition) is 1. The number of anilines is 1. The summed E-state index contributed by atoms with van der Waals surface area (Å²) in [6.07, 6.45) is 0. The highest BCUT2D eigenvalue weighted by Gasteiger charge is 2.17. The fourth-order valence-electron chi connectivity index (χ4n) is 1.75. The average Bonchev–Trinajstić information content (AvgIpc) is 2.98. The molecule has 0 saturated carbocycles. The summed E-state index contributed by atoms with van der Waals surface area (Å²) in [6.45, 7) is 4.90. The van der Waals surface area contributed by atoms with Crippen molar-refractivity contribution in [2.24, 2.45) is 0 Å². The first-order valence-corrected chi connectivity index (χ1v) is 5.52. The Hall–Kier alpha value is -1.89. The maximum atomic E-state index is 5.28. The molecule has 0 amide bonds. The summed E-state index contributed by atoms with van der Waals surface area (Å²) in [5, 5.41) is 10.9. The molecule has 1 N–H and O–H groups in total. The van der Waals surface area contributed by atoms with Gasteiger partial charge in [0.25, 0.3) is 0 Å². The Kier molecular flexibility index (Phi) is 2.52. The molecule has 0 bridgehead atoms. The van der Waals surface area contributed by atoms with Crippen LogP contribution in [0.25, 0.3) is 11.5 Å². The number of nitrogens with one attached hydrogen (secondary N) is 1. The lowest BCUT2D eigenvalue weighted by atomic mass is 10.4. The van der Waals surface area contributed by atoms with Gasteiger partial charge in [-0.3, -0.25) is 5.10 Å². The quantitative estimate of drug-likeness (QED) is 0.821. The lowest BCUT2D eigenvalue weighted by Crippen LogP contribution is -2.36. The topological polar surface area (TPSA) is 80.1 Å². The first kappa shape index (κ1) is 10.3. The van der Waals surface area contributed by atoms with Gasteiger partial charge < -0.3 is 14.2 Å². The van der Waals surface area contributed by atoms with Gasteiger partial charge in [-0.2, -0.15) is 4.98 Å². The van der Waals surface area contributed by atoms with E-state index in [1.54, 1.807) is 0 Å². The van der Waals surface area contributed by atoms with E-state index in [9.17, 15) is 0 Å². The Morgan fingerprint density at radius 1 is 1.35 bits per heavy atom. The zero-order chi connectivity index (χ0) is 11.7. The van der Waals surface area contributed by atoms with Gasteiger partial charge in [0.2, 0.25) is 5.95 Å². The molecule has 0 radical (unpaired) electrons. The molecule has 7 heteroatoms. The Morgan fingerprint density at radius 2 is 2.18 bits per heavy atom. The fraction of sp³-hybridized carbons (Fsp3) is 0.500. The SMILES string of the molecule is Cc1cc(-c2nc(N3CCOCC3)n[nH]2)no1. The minimum Gasteiger partial charge on any atom is -0.378 e. The second-order valence-corrected chi connectivity index (χ2v) is 3.91. The lowest BCUT2D eigenvalue weighted by molar-refractivity contribution is 0.122. The standard InChI is InChI=1S/C10H13N5O2/c1-7-6-8(14-17-7)9-11-10(13-12-9)15-2-4-16-5-3-15/h6H,2-5H2,1H3,(H,11,12,13). The molecule has 0 spiro atoms. The van der Waals surface area contributed by atoms with Gasteiger partial charge in [0, 0.05) is 19.2 Å². The monoisotopic (exact) mass is 235 g/mol. The lowest BCUT2D eigenvalue weighted by Gasteiger charge is -2.25. The molecule has 0 unspecified atom stereocenters. The van der Waals surface area contributed by atoms with Gasteiger partial charge in [-0.15, -0.1) is 5.10 Å². The summed E-state index contributed by atoms with van der Waals surface area (Å²) in [4.78, 5) is 6.48. The van der Waals surface area contributed by atoms with Gasteiger partial charge >= 0.3 is 0 Å². The van der Waals surface area contributed by atoms with Crippen molar-refractivity contribution in [2.45, 2.75) is 6.92 Å². The predicted molar refractivity (Wildman–Crippen MR) is 59.6 cm³/mol. The zero-order valence-corrected chi connectivity index (χ0v) is 9.51. The van der Waals surface area contributed by atoms with E-state index in [4.69, 9.17) is 9.26 Å². The van der Waals surface area contributed by atoms with Crippen LogP contribution in [0.1, 0.15) is 5.76 Å². The number of aromatic amines is 1. The van der Waals surface area contributed by atoms with Gasteiger partial charge in [0.15, 0.2) is 11.5 Å².